The monoisotopic (exact) mass is 216 g/mol. The summed E-state index contributed by atoms with van der Waals surface area (Å²) in [6.45, 7) is 6.07. The van der Waals surface area contributed by atoms with Gasteiger partial charge in [-0.25, -0.2) is 4.98 Å². The van der Waals surface area contributed by atoms with Crippen LogP contribution in [0.15, 0.2) is 18.2 Å². The Morgan fingerprint density at radius 3 is 2.44 bits per heavy atom. The van der Waals surface area contributed by atoms with E-state index in [2.05, 4.69) is 16.0 Å². The number of nitrogens with one attached hydrogen (secondary N) is 1. The van der Waals surface area contributed by atoms with Gasteiger partial charge < -0.3 is 9.72 Å². The highest BCUT2D eigenvalue weighted by Crippen LogP contribution is 2.24. The van der Waals surface area contributed by atoms with E-state index >= 15 is 0 Å². The molecule has 0 radical (unpaired) electrons. The summed E-state index contributed by atoms with van der Waals surface area (Å²) in [4.78, 5) is 7.75. The fourth-order valence-corrected chi connectivity index (χ4v) is 1.71. The third-order valence-electron chi connectivity index (χ3n) is 2.80. The average Bonchev–Trinajstić information content (AvgIpc) is 2.59. The summed E-state index contributed by atoms with van der Waals surface area (Å²) < 4.78 is 5.23. The van der Waals surface area contributed by atoms with Gasteiger partial charge in [0.25, 0.3) is 0 Å². The van der Waals surface area contributed by atoms with Crippen molar-refractivity contribution in [2.24, 2.45) is 0 Å². The number of aryl methyl sites for hydroxylation is 3. The van der Waals surface area contributed by atoms with Gasteiger partial charge in [-0.2, -0.15) is 0 Å². The standard InChI is InChI=1S/C13H16N2O/c1-8-7-11(5-6-12(8)16-4)13-14-9(2)10(3)15-13/h5-7H,1-4H3,(H,14,15). The number of aromatic nitrogens is 2. The lowest BCUT2D eigenvalue weighted by Crippen LogP contribution is -1.88. The maximum Gasteiger partial charge on any atom is 0.137 e. The van der Waals surface area contributed by atoms with Gasteiger partial charge in [-0.3, -0.25) is 0 Å². The Labute approximate surface area is 95.5 Å². The highest BCUT2D eigenvalue weighted by molar-refractivity contribution is 5.59. The molecule has 0 bridgehead atoms. The van der Waals surface area contributed by atoms with Crippen LogP contribution < -0.4 is 4.74 Å². The number of imidazole rings is 1. The van der Waals surface area contributed by atoms with Crippen LogP contribution in [-0.4, -0.2) is 17.1 Å². The Morgan fingerprint density at radius 1 is 1.19 bits per heavy atom. The first-order valence-corrected chi connectivity index (χ1v) is 5.30. The zero-order valence-electron chi connectivity index (χ0n) is 10.1. The summed E-state index contributed by atoms with van der Waals surface area (Å²) in [5.74, 6) is 1.82. The minimum Gasteiger partial charge on any atom is -0.496 e. The number of aromatic amines is 1. The van der Waals surface area contributed by atoms with Gasteiger partial charge in [0, 0.05) is 11.3 Å². The van der Waals surface area contributed by atoms with Crippen molar-refractivity contribution in [3.05, 3.63) is 35.2 Å². The first-order chi connectivity index (χ1) is 7.61. The Morgan fingerprint density at radius 2 is 1.94 bits per heavy atom. The number of ether oxygens (including phenoxy) is 1. The summed E-state index contributed by atoms with van der Waals surface area (Å²) in [7, 11) is 1.68. The Kier molecular flexibility index (Phi) is 2.69. The molecule has 0 aliphatic heterocycles. The van der Waals surface area contributed by atoms with Crippen LogP contribution in [0.5, 0.6) is 5.75 Å². The quantitative estimate of drug-likeness (QED) is 0.838. The predicted octanol–water partition coefficient (Wildman–Crippen LogP) is 3.01. The normalized spacial score (nSPS) is 10.5. The molecule has 0 unspecified atom stereocenters. The molecule has 0 spiro atoms. The maximum atomic E-state index is 5.23. The first kappa shape index (κ1) is 10.7. The number of benzene rings is 1. The molecule has 0 aliphatic rings. The van der Waals surface area contributed by atoms with Gasteiger partial charge in [0.15, 0.2) is 0 Å². The zero-order valence-corrected chi connectivity index (χ0v) is 10.1. The van der Waals surface area contributed by atoms with Crippen molar-refractivity contribution >= 4 is 0 Å². The second kappa shape index (κ2) is 4.00. The maximum absolute atomic E-state index is 5.23. The first-order valence-electron chi connectivity index (χ1n) is 5.30. The molecule has 2 aromatic rings. The van der Waals surface area contributed by atoms with Crippen LogP contribution in [0.2, 0.25) is 0 Å². The van der Waals surface area contributed by atoms with Crippen molar-refractivity contribution in [2.75, 3.05) is 7.11 Å². The van der Waals surface area contributed by atoms with Gasteiger partial charge in [-0.05, 0) is 44.5 Å². The molecule has 2 rings (SSSR count). The van der Waals surface area contributed by atoms with E-state index in [0.29, 0.717) is 0 Å². The van der Waals surface area contributed by atoms with Crippen molar-refractivity contribution in [1.82, 2.24) is 9.97 Å². The van der Waals surface area contributed by atoms with Crippen molar-refractivity contribution in [2.45, 2.75) is 20.8 Å². The van der Waals surface area contributed by atoms with E-state index in [1.54, 1.807) is 7.11 Å². The van der Waals surface area contributed by atoms with Crippen molar-refractivity contribution < 1.29 is 4.74 Å². The molecule has 1 heterocycles. The van der Waals surface area contributed by atoms with Crippen LogP contribution in [0.4, 0.5) is 0 Å². The molecule has 1 aromatic heterocycles. The molecule has 0 amide bonds. The zero-order chi connectivity index (χ0) is 11.7. The van der Waals surface area contributed by atoms with E-state index in [9.17, 15) is 0 Å². The molecule has 3 nitrogen and oxygen atoms in total. The number of hydrogen-bond acceptors (Lipinski definition) is 2. The summed E-state index contributed by atoms with van der Waals surface area (Å²) in [5.41, 5.74) is 4.37. The molecule has 0 saturated heterocycles. The van der Waals surface area contributed by atoms with E-state index in [4.69, 9.17) is 4.74 Å². The van der Waals surface area contributed by atoms with Gasteiger partial charge in [0.05, 0.1) is 12.8 Å². The predicted molar refractivity (Wildman–Crippen MR) is 64.8 cm³/mol. The third-order valence-corrected chi connectivity index (χ3v) is 2.80. The van der Waals surface area contributed by atoms with E-state index < -0.39 is 0 Å². The molecule has 0 aliphatic carbocycles. The molecule has 3 heteroatoms. The lowest BCUT2D eigenvalue weighted by atomic mass is 10.1. The molecule has 84 valence electrons. The summed E-state index contributed by atoms with van der Waals surface area (Å²) in [6.07, 6.45) is 0. The molecular weight excluding hydrogens is 200 g/mol. The molecule has 0 atom stereocenters. The van der Waals surface area contributed by atoms with Gasteiger partial charge in [-0.15, -0.1) is 0 Å². The topological polar surface area (TPSA) is 37.9 Å². The van der Waals surface area contributed by atoms with Gasteiger partial charge in [0.2, 0.25) is 0 Å². The Hall–Kier alpha value is -1.77. The second-order valence-electron chi connectivity index (χ2n) is 3.98. The van der Waals surface area contributed by atoms with Gasteiger partial charge >= 0.3 is 0 Å². The number of nitrogens with zero attached hydrogens (tertiary/aromatic N) is 1. The van der Waals surface area contributed by atoms with Crippen LogP contribution in [0, 0.1) is 20.8 Å². The highest BCUT2D eigenvalue weighted by atomic mass is 16.5. The van der Waals surface area contributed by atoms with Crippen LogP contribution in [0.3, 0.4) is 0 Å². The number of hydrogen-bond donors (Lipinski definition) is 1. The molecule has 1 N–H and O–H groups in total. The fraction of sp³-hybridized carbons (Fsp3) is 0.308. The van der Waals surface area contributed by atoms with Gasteiger partial charge in [0.1, 0.15) is 11.6 Å². The SMILES string of the molecule is COc1ccc(-c2nc(C)c(C)[nH]2)cc1C. The molecule has 1 aromatic carbocycles. The minimum atomic E-state index is 0.906. The summed E-state index contributed by atoms with van der Waals surface area (Å²) in [5, 5.41) is 0. The van der Waals surface area contributed by atoms with Crippen molar-refractivity contribution in [3.63, 3.8) is 0 Å². The van der Waals surface area contributed by atoms with Crippen LogP contribution in [0.25, 0.3) is 11.4 Å². The Bertz CT molecular complexity index is 495. The second-order valence-corrected chi connectivity index (χ2v) is 3.98. The van der Waals surface area contributed by atoms with E-state index in [1.807, 2.05) is 32.9 Å². The largest absolute Gasteiger partial charge is 0.496 e. The highest BCUT2D eigenvalue weighted by Gasteiger charge is 2.07. The smallest absolute Gasteiger partial charge is 0.137 e. The number of rotatable bonds is 2. The van der Waals surface area contributed by atoms with E-state index in [1.165, 1.54) is 0 Å². The number of H-pyrrole nitrogens is 1. The summed E-state index contributed by atoms with van der Waals surface area (Å²) >= 11 is 0. The Balaban J connectivity index is 2.45. The molecule has 0 saturated carbocycles. The molecule has 0 fully saturated rings. The average molecular weight is 216 g/mol. The van der Waals surface area contributed by atoms with Crippen LogP contribution >= 0.6 is 0 Å². The van der Waals surface area contributed by atoms with Gasteiger partial charge in [-0.1, -0.05) is 0 Å². The van der Waals surface area contributed by atoms with E-state index in [0.717, 1.165) is 34.1 Å². The molecule has 16 heavy (non-hydrogen) atoms. The lowest BCUT2D eigenvalue weighted by Gasteiger charge is -2.05. The van der Waals surface area contributed by atoms with Crippen molar-refractivity contribution in [1.29, 1.82) is 0 Å². The lowest BCUT2D eigenvalue weighted by molar-refractivity contribution is 0.412. The summed E-state index contributed by atoms with van der Waals surface area (Å²) in [6, 6.07) is 6.07. The third kappa shape index (κ3) is 1.81. The number of methoxy groups -OCH3 is 1. The minimum absolute atomic E-state index is 0.906. The van der Waals surface area contributed by atoms with Crippen LogP contribution in [-0.2, 0) is 0 Å². The van der Waals surface area contributed by atoms with E-state index in [-0.39, 0.29) is 0 Å². The fourth-order valence-electron chi connectivity index (χ4n) is 1.71. The van der Waals surface area contributed by atoms with Crippen molar-refractivity contribution in [3.8, 4) is 17.1 Å². The molecular formula is C13H16N2O. The van der Waals surface area contributed by atoms with Crippen LogP contribution in [0.1, 0.15) is 17.0 Å².